The summed E-state index contributed by atoms with van der Waals surface area (Å²) in [5, 5.41) is 8.42. The number of hydrogen-bond acceptors (Lipinski definition) is 4. The number of ether oxygens (including phenoxy) is 1. The van der Waals surface area contributed by atoms with Crippen molar-refractivity contribution in [3.05, 3.63) is 47.2 Å². The molecule has 2 aromatic rings. The first kappa shape index (κ1) is 17.0. The maximum atomic E-state index is 10.9. The molecule has 1 fully saturated rings. The number of primary amides is 1. The summed E-state index contributed by atoms with van der Waals surface area (Å²) < 4.78 is 7.49. The molecule has 2 atom stereocenters. The minimum Gasteiger partial charge on any atom is -0.377 e. The first-order valence-corrected chi connectivity index (χ1v) is 8.38. The Labute approximate surface area is 145 Å². The molecule has 1 aromatic heterocycles. The average molecular weight is 349 g/mol. The van der Waals surface area contributed by atoms with E-state index in [1.807, 2.05) is 36.7 Å². The summed E-state index contributed by atoms with van der Waals surface area (Å²) in [5.74, 6) is -0.00878. The van der Waals surface area contributed by atoms with Crippen molar-refractivity contribution >= 4 is 17.5 Å². The van der Waals surface area contributed by atoms with Gasteiger partial charge in [0.25, 0.3) is 0 Å². The third kappa shape index (κ3) is 4.56. The van der Waals surface area contributed by atoms with Crippen molar-refractivity contribution in [2.45, 2.75) is 25.5 Å². The number of carbonyl (C=O) groups is 1. The van der Waals surface area contributed by atoms with Gasteiger partial charge in [-0.05, 0) is 30.5 Å². The predicted molar refractivity (Wildman–Crippen MR) is 91.9 cm³/mol. The molecule has 24 heavy (non-hydrogen) atoms. The molecule has 1 amide bonds. The largest absolute Gasteiger partial charge is 0.377 e. The van der Waals surface area contributed by atoms with Crippen molar-refractivity contribution in [1.82, 2.24) is 15.1 Å². The molecule has 1 aromatic carbocycles. The van der Waals surface area contributed by atoms with Crippen LogP contribution in [0.3, 0.4) is 0 Å². The molecule has 1 saturated heterocycles. The lowest BCUT2D eigenvalue weighted by Gasteiger charge is -2.10. The second kappa shape index (κ2) is 7.79. The smallest absolute Gasteiger partial charge is 0.217 e. The molecule has 128 valence electrons. The molecular weight excluding hydrogens is 328 g/mol. The van der Waals surface area contributed by atoms with Gasteiger partial charge in [-0.2, -0.15) is 5.10 Å². The van der Waals surface area contributed by atoms with Crippen LogP contribution in [-0.4, -0.2) is 34.9 Å². The predicted octanol–water partition coefficient (Wildman–Crippen LogP) is 1.90. The normalized spacial score (nSPS) is 20.4. The molecule has 0 spiro atoms. The van der Waals surface area contributed by atoms with Crippen LogP contribution in [0.25, 0.3) is 5.69 Å². The van der Waals surface area contributed by atoms with Gasteiger partial charge >= 0.3 is 0 Å². The van der Waals surface area contributed by atoms with E-state index in [2.05, 4.69) is 10.4 Å². The number of rotatable bonds is 7. The molecule has 0 bridgehead atoms. The molecule has 1 aliphatic heterocycles. The first-order valence-electron chi connectivity index (χ1n) is 8.00. The van der Waals surface area contributed by atoms with Crippen LogP contribution in [0.5, 0.6) is 0 Å². The molecule has 2 unspecified atom stereocenters. The standard InChI is InChI=1S/C17H21ClN4O2/c18-14-2-1-3-15(6-14)22-10-13(8-21-22)7-20-9-16-4-12(11-24-16)5-17(19)23/h1-3,6,8,10,12,16,20H,4-5,7,9,11H2,(H2,19,23). The molecule has 6 nitrogen and oxygen atoms in total. The maximum Gasteiger partial charge on any atom is 0.217 e. The van der Waals surface area contributed by atoms with Crippen molar-refractivity contribution in [1.29, 1.82) is 0 Å². The van der Waals surface area contributed by atoms with E-state index in [-0.39, 0.29) is 17.9 Å². The van der Waals surface area contributed by atoms with Gasteiger partial charge < -0.3 is 15.8 Å². The van der Waals surface area contributed by atoms with Gasteiger partial charge in [0.05, 0.1) is 24.6 Å². The Morgan fingerprint density at radius 1 is 1.50 bits per heavy atom. The van der Waals surface area contributed by atoms with Gasteiger partial charge in [-0.25, -0.2) is 4.68 Å². The van der Waals surface area contributed by atoms with Gasteiger partial charge in [0, 0.05) is 36.3 Å². The van der Waals surface area contributed by atoms with E-state index in [0.29, 0.717) is 24.6 Å². The number of carbonyl (C=O) groups excluding carboxylic acids is 1. The van der Waals surface area contributed by atoms with Crippen LogP contribution in [0.1, 0.15) is 18.4 Å². The Morgan fingerprint density at radius 2 is 2.38 bits per heavy atom. The fourth-order valence-electron chi connectivity index (χ4n) is 2.94. The zero-order valence-electron chi connectivity index (χ0n) is 13.3. The molecule has 0 saturated carbocycles. The number of nitrogens with two attached hydrogens (primary N) is 1. The first-order chi connectivity index (χ1) is 11.6. The van der Waals surface area contributed by atoms with Crippen molar-refractivity contribution in [2.24, 2.45) is 11.7 Å². The summed E-state index contributed by atoms with van der Waals surface area (Å²) in [4.78, 5) is 10.9. The quantitative estimate of drug-likeness (QED) is 0.800. The number of amides is 1. The molecule has 1 aliphatic rings. The van der Waals surface area contributed by atoms with Crippen LogP contribution in [0.2, 0.25) is 5.02 Å². The fraction of sp³-hybridized carbons (Fsp3) is 0.412. The highest BCUT2D eigenvalue weighted by Crippen LogP contribution is 2.22. The second-order valence-electron chi connectivity index (χ2n) is 6.13. The van der Waals surface area contributed by atoms with E-state index in [1.54, 1.807) is 4.68 Å². The molecular formula is C17H21ClN4O2. The third-order valence-corrected chi connectivity index (χ3v) is 4.30. The number of benzene rings is 1. The van der Waals surface area contributed by atoms with E-state index in [4.69, 9.17) is 22.1 Å². The number of hydrogen-bond donors (Lipinski definition) is 2. The highest BCUT2D eigenvalue weighted by molar-refractivity contribution is 6.30. The Balaban J connectivity index is 1.46. The highest BCUT2D eigenvalue weighted by atomic mass is 35.5. The minimum atomic E-state index is -0.259. The summed E-state index contributed by atoms with van der Waals surface area (Å²) in [7, 11) is 0. The number of halogens is 1. The van der Waals surface area contributed by atoms with E-state index < -0.39 is 0 Å². The second-order valence-corrected chi connectivity index (χ2v) is 6.57. The SMILES string of the molecule is NC(=O)CC1COC(CNCc2cnn(-c3cccc(Cl)c3)c2)C1. The Bertz CT molecular complexity index is 703. The van der Waals surface area contributed by atoms with Crippen LogP contribution >= 0.6 is 11.6 Å². The minimum absolute atomic E-state index is 0.136. The number of nitrogens with zero attached hydrogens (tertiary/aromatic N) is 2. The molecule has 3 rings (SSSR count). The lowest BCUT2D eigenvalue weighted by atomic mass is 10.0. The van der Waals surface area contributed by atoms with Crippen molar-refractivity contribution in [2.75, 3.05) is 13.2 Å². The van der Waals surface area contributed by atoms with Crippen LogP contribution < -0.4 is 11.1 Å². The monoisotopic (exact) mass is 348 g/mol. The number of nitrogens with one attached hydrogen (secondary N) is 1. The van der Waals surface area contributed by atoms with Crippen LogP contribution in [0.15, 0.2) is 36.7 Å². The van der Waals surface area contributed by atoms with Crippen LogP contribution in [-0.2, 0) is 16.1 Å². The fourth-order valence-corrected chi connectivity index (χ4v) is 3.12. The summed E-state index contributed by atoms with van der Waals surface area (Å²) in [6.45, 7) is 2.07. The summed E-state index contributed by atoms with van der Waals surface area (Å²) >= 11 is 6.00. The summed E-state index contributed by atoms with van der Waals surface area (Å²) in [6.07, 6.45) is 5.22. The Hall–Kier alpha value is -1.89. The van der Waals surface area contributed by atoms with Crippen molar-refractivity contribution in [3.63, 3.8) is 0 Å². The molecule has 7 heteroatoms. The van der Waals surface area contributed by atoms with Gasteiger partial charge in [-0.1, -0.05) is 17.7 Å². The zero-order valence-corrected chi connectivity index (χ0v) is 14.1. The summed E-state index contributed by atoms with van der Waals surface area (Å²) in [5.41, 5.74) is 7.24. The molecule has 3 N–H and O–H groups in total. The molecule has 0 radical (unpaired) electrons. The van der Waals surface area contributed by atoms with Gasteiger partial charge in [-0.3, -0.25) is 4.79 Å². The Morgan fingerprint density at radius 3 is 3.17 bits per heavy atom. The average Bonchev–Trinajstić information content (AvgIpc) is 3.17. The van der Waals surface area contributed by atoms with Gasteiger partial charge in [0.2, 0.25) is 5.91 Å². The van der Waals surface area contributed by atoms with Crippen molar-refractivity contribution < 1.29 is 9.53 Å². The van der Waals surface area contributed by atoms with Crippen molar-refractivity contribution in [3.8, 4) is 5.69 Å². The zero-order chi connectivity index (χ0) is 16.9. The van der Waals surface area contributed by atoms with Gasteiger partial charge in [0.15, 0.2) is 0 Å². The third-order valence-electron chi connectivity index (χ3n) is 4.06. The van der Waals surface area contributed by atoms with Gasteiger partial charge in [-0.15, -0.1) is 0 Å². The Kier molecular flexibility index (Phi) is 5.50. The lowest BCUT2D eigenvalue weighted by molar-refractivity contribution is -0.118. The topological polar surface area (TPSA) is 82.2 Å². The highest BCUT2D eigenvalue weighted by Gasteiger charge is 2.26. The van der Waals surface area contributed by atoms with E-state index >= 15 is 0 Å². The maximum absolute atomic E-state index is 10.9. The lowest BCUT2D eigenvalue weighted by Crippen LogP contribution is -2.26. The van der Waals surface area contributed by atoms with Crippen LogP contribution in [0, 0.1) is 5.92 Å². The molecule has 2 heterocycles. The van der Waals surface area contributed by atoms with Gasteiger partial charge in [0.1, 0.15) is 0 Å². The van der Waals surface area contributed by atoms with E-state index in [1.165, 1.54) is 0 Å². The van der Waals surface area contributed by atoms with E-state index in [0.717, 1.165) is 24.2 Å². The van der Waals surface area contributed by atoms with Crippen LogP contribution in [0.4, 0.5) is 0 Å². The van der Waals surface area contributed by atoms with E-state index in [9.17, 15) is 4.79 Å². The number of aromatic nitrogens is 2. The molecule has 0 aliphatic carbocycles. The summed E-state index contributed by atoms with van der Waals surface area (Å²) in [6, 6.07) is 7.57.